The lowest BCUT2D eigenvalue weighted by molar-refractivity contribution is -0.138. The molecule has 0 unspecified atom stereocenters. The molecule has 0 aromatic heterocycles. The molecule has 2 atom stereocenters. The number of likely N-dealkylation sites (N-methyl/N-ethyl adjacent to an activating group) is 1. The molecule has 5 heteroatoms. The van der Waals surface area contributed by atoms with Gasteiger partial charge in [0.25, 0.3) is 0 Å². The van der Waals surface area contributed by atoms with Crippen molar-refractivity contribution in [2.24, 2.45) is 0 Å². The monoisotopic (exact) mass is 345 g/mol. The summed E-state index contributed by atoms with van der Waals surface area (Å²) in [5.41, 5.74) is 2.41. The second-order valence-electron chi connectivity index (χ2n) is 7.13. The molecule has 1 saturated heterocycles. The quantitative estimate of drug-likeness (QED) is 0.826. The first-order valence-corrected chi connectivity index (χ1v) is 9.24. The number of carbonyl (C=O) groups is 2. The summed E-state index contributed by atoms with van der Waals surface area (Å²) in [6.45, 7) is 5.30. The zero-order valence-corrected chi connectivity index (χ0v) is 15.9. The molecule has 1 aliphatic heterocycles. The second-order valence-corrected chi connectivity index (χ2v) is 7.13. The normalized spacial score (nSPS) is 18.4. The molecule has 1 aromatic rings. The summed E-state index contributed by atoms with van der Waals surface area (Å²) in [7, 11) is 4.03. The minimum absolute atomic E-state index is 0.0269. The van der Waals surface area contributed by atoms with Gasteiger partial charge >= 0.3 is 0 Å². The van der Waals surface area contributed by atoms with Crippen molar-refractivity contribution in [3.05, 3.63) is 35.4 Å². The van der Waals surface area contributed by atoms with E-state index in [1.54, 1.807) is 4.90 Å². The van der Waals surface area contributed by atoms with Gasteiger partial charge in [0.1, 0.15) is 6.04 Å². The summed E-state index contributed by atoms with van der Waals surface area (Å²) in [5, 5.41) is 3.07. The third-order valence-electron chi connectivity index (χ3n) is 4.89. The van der Waals surface area contributed by atoms with E-state index in [1.165, 1.54) is 11.1 Å². The number of likely N-dealkylation sites (tertiary alicyclic amines) is 1. The first kappa shape index (κ1) is 19.4. The minimum atomic E-state index is -0.306. The smallest absolute Gasteiger partial charge is 0.242 e. The average molecular weight is 345 g/mol. The van der Waals surface area contributed by atoms with Gasteiger partial charge in [-0.05, 0) is 45.8 Å². The zero-order chi connectivity index (χ0) is 18.4. The maximum atomic E-state index is 12.7. The molecule has 0 aliphatic carbocycles. The van der Waals surface area contributed by atoms with Crippen LogP contribution in [0.3, 0.4) is 0 Å². The Morgan fingerprint density at radius 3 is 2.56 bits per heavy atom. The van der Waals surface area contributed by atoms with Crippen LogP contribution in [0, 0.1) is 6.92 Å². The van der Waals surface area contributed by atoms with Crippen LogP contribution in [0.15, 0.2) is 24.3 Å². The molecule has 1 aromatic carbocycles. The highest BCUT2D eigenvalue weighted by atomic mass is 16.2. The fraction of sp³-hybridized carbons (Fsp3) is 0.600. The van der Waals surface area contributed by atoms with Crippen molar-refractivity contribution in [2.45, 2.75) is 51.6 Å². The average Bonchev–Trinajstić information content (AvgIpc) is 3.06. The van der Waals surface area contributed by atoms with Gasteiger partial charge in [-0.2, -0.15) is 0 Å². The number of hydrogen-bond donors (Lipinski definition) is 1. The van der Waals surface area contributed by atoms with Crippen LogP contribution in [0.1, 0.15) is 49.8 Å². The van der Waals surface area contributed by atoms with Crippen LogP contribution in [0.25, 0.3) is 0 Å². The summed E-state index contributed by atoms with van der Waals surface area (Å²) < 4.78 is 0. The Morgan fingerprint density at radius 1 is 1.28 bits per heavy atom. The number of nitrogens with zero attached hydrogens (tertiary/aromatic N) is 2. The van der Waals surface area contributed by atoms with Crippen LogP contribution in [0.2, 0.25) is 0 Å². The summed E-state index contributed by atoms with van der Waals surface area (Å²) >= 11 is 0. The third-order valence-corrected chi connectivity index (χ3v) is 4.89. The Labute approximate surface area is 151 Å². The molecule has 0 spiro atoms. The van der Waals surface area contributed by atoms with E-state index >= 15 is 0 Å². The van der Waals surface area contributed by atoms with Crippen LogP contribution in [0.5, 0.6) is 0 Å². The highest BCUT2D eigenvalue weighted by molar-refractivity contribution is 5.88. The molecule has 0 bridgehead atoms. The summed E-state index contributed by atoms with van der Waals surface area (Å²) in [6.07, 6.45) is 3.01. The van der Waals surface area contributed by atoms with Gasteiger partial charge in [0, 0.05) is 19.5 Å². The van der Waals surface area contributed by atoms with Crippen LogP contribution >= 0.6 is 0 Å². The molecule has 1 aliphatic rings. The van der Waals surface area contributed by atoms with Crippen molar-refractivity contribution in [1.29, 1.82) is 0 Å². The van der Waals surface area contributed by atoms with E-state index in [0.717, 1.165) is 19.3 Å². The van der Waals surface area contributed by atoms with E-state index in [0.29, 0.717) is 19.5 Å². The SMILES string of the molecule is CCCC(=O)N1CCC[C@@H]1C(=O)NC[C@H](c1ccc(C)cc1)N(C)C. The molecule has 1 heterocycles. The lowest BCUT2D eigenvalue weighted by Gasteiger charge is -2.28. The fourth-order valence-corrected chi connectivity index (χ4v) is 3.40. The van der Waals surface area contributed by atoms with Crippen LogP contribution < -0.4 is 5.32 Å². The van der Waals surface area contributed by atoms with Gasteiger partial charge in [0.15, 0.2) is 0 Å². The van der Waals surface area contributed by atoms with Crippen molar-refractivity contribution in [1.82, 2.24) is 15.1 Å². The molecular weight excluding hydrogens is 314 g/mol. The Bertz CT molecular complexity index is 583. The van der Waals surface area contributed by atoms with Gasteiger partial charge in [-0.3, -0.25) is 9.59 Å². The van der Waals surface area contributed by atoms with Crippen molar-refractivity contribution >= 4 is 11.8 Å². The lowest BCUT2D eigenvalue weighted by atomic mass is 10.0. The molecule has 5 nitrogen and oxygen atoms in total. The van der Waals surface area contributed by atoms with E-state index < -0.39 is 0 Å². The van der Waals surface area contributed by atoms with Gasteiger partial charge in [-0.1, -0.05) is 36.8 Å². The van der Waals surface area contributed by atoms with Crippen molar-refractivity contribution in [2.75, 3.05) is 27.2 Å². The molecule has 0 saturated carbocycles. The Morgan fingerprint density at radius 2 is 1.96 bits per heavy atom. The van der Waals surface area contributed by atoms with Crippen LogP contribution in [-0.4, -0.2) is 54.8 Å². The predicted molar refractivity (Wildman–Crippen MR) is 100 cm³/mol. The molecule has 138 valence electrons. The molecule has 2 amide bonds. The summed E-state index contributed by atoms with van der Waals surface area (Å²) in [6, 6.07) is 8.22. The highest BCUT2D eigenvalue weighted by Gasteiger charge is 2.33. The lowest BCUT2D eigenvalue weighted by Crippen LogP contribution is -2.47. The molecule has 2 rings (SSSR count). The number of amides is 2. The maximum absolute atomic E-state index is 12.7. The Balaban J connectivity index is 1.98. The fourth-order valence-electron chi connectivity index (χ4n) is 3.40. The van der Waals surface area contributed by atoms with E-state index in [4.69, 9.17) is 0 Å². The van der Waals surface area contributed by atoms with Gasteiger partial charge in [-0.15, -0.1) is 0 Å². The van der Waals surface area contributed by atoms with Crippen LogP contribution in [-0.2, 0) is 9.59 Å². The molecular formula is C20H31N3O2. The Hall–Kier alpha value is -1.88. The van der Waals surface area contributed by atoms with Crippen molar-refractivity contribution < 1.29 is 9.59 Å². The second kappa shape index (κ2) is 8.99. The number of nitrogens with one attached hydrogen (secondary N) is 1. The molecule has 1 N–H and O–H groups in total. The van der Waals surface area contributed by atoms with Gasteiger partial charge in [0.05, 0.1) is 6.04 Å². The first-order valence-electron chi connectivity index (χ1n) is 9.24. The van der Waals surface area contributed by atoms with E-state index in [9.17, 15) is 9.59 Å². The van der Waals surface area contributed by atoms with E-state index in [1.807, 2.05) is 21.0 Å². The number of aryl methyl sites for hydroxylation is 1. The number of carbonyl (C=O) groups excluding carboxylic acids is 2. The van der Waals surface area contributed by atoms with E-state index in [-0.39, 0.29) is 23.9 Å². The number of hydrogen-bond acceptors (Lipinski definition) is 3. The van der Waals surface area contributed by atoms with Crippen LogP contribution in [0.4, 0.5) is 0 Å². The molecule has 1 fully saturated rings. The molecule has 25 heavy (non-hydrogen) atoms. The van der Waals surface area contributed by atoms with E-state index in [2.05, 4.69) is 41.4 Å². The molecule has 0 radical (unpaired) electrons. The minimum Gasteiger partial charge on any atom is -0.352 e. The first-order chi connectivity index (χ1) is 11.9. The van der Waals surface area contributed by atoms with Crippen molar-refractivity contribution in [3.8, 4) is 0 Å². The highest BCUT2D eigenvalue weighted by Crippen LogP contribution is 2.21. The summed E-state index contributed by atoms with van der Waals surface area (Å²) in [5.74, 6) is 0.0729. The number of rotatable bonds is 7. The van der Waals surface area contributed by atoms with Crippen molar-refractivity contribution in [3.63, 3.8) is 0 Å². The van der Waals surface area contributed by atoms with Gasteiger partial charge in [-0.25, -0.2) is 0 Å². The predicted octanol–water partition coefficient (Wildman–Crippen LogP) is 2.51. The number of benzene rings is 1. The standard InChI is InChI=1S/C20H31N3O2/c1-5-7-19(24)23-13-6-8-17(23)20(25)21-14-18(22(3)4)16-11-9-15(2)10-12-16/h9-12,17-18H,5-8,13-14H2,1-4H3,(H,21,25)/t17-,18-/m1/s1. The summed E-state index contributed by atoms with van der Waals surface area (Å²) in [4.78, 5) is 28.7. The third kappa shape index (κ3) is 5.05. The Kier molecular flexibility index (Phi) is 7.00. The zero-order valence-electron chi connectivity index (χ0n) is 15.9. The topological polar surface area (TPSA) is 52.7 Å². The van der Waals surface area contributed by atoms with Gasteiger partial charge < -0.3 is 15.1 Å². The largest absolute Gasteiger partial charge is 0.352 e. The maximum Gasteiger partial charge on any atom is 0.242 e. The van der Waals surface area contributed by atoms with Gasteiger partial charge in [0.2, 0.25) is 11.8 Å².